The Kier molecular flexibility index (Phi) is 4.07. The Balaban J connectivity index is 1.92. The highest BCUT2D eigenvalue weighted by Crippen LogP contribution is 2.13. The van der Waals surface area contributed by atoms with Crippen molar-refractivity contribution in [2.24, 2.45) is 7.05 Å². The van der Waals surface area contributed by atoms with E-state index in [-0.39, 0.29) is 0 Å². The van der Waals surface area contributed by atoms with E-state index >= 15 is 0 Å². The molecule has 0 aliphatic carbocycles. The Morgan fingerprint density at radius 2 is 2.06 bits per heavy atom. The average Bonchev–Trinajstić information content (AvgIpc) is 2.76. The lowest BCUT2D eigenvalue weighted by atomic mass is 10.1. The summed E-state index contributed by atoms with van der Waals surface area (Å²) in [6, 6.07) is 9.67. The highest BCUT2D eigenvalue weighted by atomic mass is 16.3. The zero-order valence-corrected chi connectivity index (χ0v) is 10.7. The molecule has 0 amide bonds. The van der Waals surface area contributed by atoms with E-state index in [1.807, 2.05) is 49.3 Å². The lowest BCUT2D eigenvalue weighted by molar-refractivity contribution is 0.122. The van der Waals surface area contributed by atoms with E-state index in [9.17, 15) is 5.11 Å². The van der Waals surface area contributed by atoms with Gasteiger partial charge in [0.15, 0.2) is 0 Å². The molecule has 0 aliphatic rings. The molecule has 0 bridgehead atoms. The van der Waals surface area contributed by atoms with Crippen molar-refractivity contribution in [1.82, 2.24) is 19.7 Å². The zero-order chi connectivity index (χ0) is 13.0. The van der Waals surface area contributed by atoms with Crippen LogP contribution in [-0.4, -0.2) is 38.4 Å². The lowest BCUT2D eigenvalue weighted by Crippen LogP contribution is -2.25. The van der Waals surface area contributed by atoms with Crippen LogP contribution in [0.25, 0.3) is 0 Å². The second-order valence-corrected chi connectivity index (χ2v) is 4.42. The van der Waals surface area contributed by atoms with Crippen LogP contribution in [0.4, 0.5) is 0 Å². The van der Waals surface area contributed by atoms with Crippen molar-refractivity contribution in [3.05, 3.63) is 48.0 Å². The van der Waals surface area contributed by atoms with Gasteiger partial charge in [0.1, 0.15) is 12.2 Å². The summed E-state index contributed by atoms with van der Waals surface area (Å²) < 4.78 is 1.74. The van der Waals surface area contributed by atoms with Crippen LogP contribution in [0.5, 0.6) is 0 Å². The van der Waals surface area contributed by atoms with Crippen molar-refractivity contribution < 1.29 is 5.11 Å². The SMILES string of the molecule is CN(Cc1ncnn1C)CC(O)c1ccccc1. The topological polar surface area (TPSA) is 54.2 Å². The van der Waals surface area contributed by atoms with Gasteiger partial charge in [-0.15, -0.1) is 0 Å². The summed E-state index contributed by atoms with van der Waals surface area (Å²) in [4.78, 5) is 6.19. The fourth-order valence-corrected chi connectivity index (χ4v) is 1.85. The van der Waals surface area contributed by atoms with Crippen molar-refractivity contribution in [3.63, 3.8) is 0 Å². The first kappa shape index (κ1) is 12.7. The van der Waals surface area contributed by atoms with Crippen LogP contribution in [0.1, 0.15) is 17.5 Å². The molecule has 1 atom stereocenters. The van der Waals surface area contributed by atoms with Gasteiger partial charge in [0, 0.05) is 13.6 Å². The van der Waals surface area contributed by atoms with Gasteiger partial charge in [-0.2, -0.15) is 5.10 Å². The molecule has 1 aromatic carbocycles. The molecule has 0 fully saturated rings. The molecule has 2 rings (SSSR count). The standard InChI is InChI=1S/C13H18N4O/c1-16(9-13-14-10-15-17(13)2)8-12(18)11-6-4-3-5-7-11/h3-7,10,12,18H,8-9H2,1-2H3. The van der Waals surface area contributed by atoms with Crippen LogP contribution < -0.4 is 0 Å². The van der Waals surface area contributed by atoms with Crippen LogP contribution in [0.3, 0.4) is 0 Å². The normalized spacial score (nSPS) is 12.9. The van der Waals surface area contributed by atoms with Crippen LogP contribution in [0, 0.1) is 0 Å². The Bertz CT molecular complexity index is 483. The summed E-state index contributed by atoms with van der Waals surface area (Å²) in [5.41, 5.74) is 0.933. The first-order valence-corrected chi connectivity index (χ1v) is 5.91. The average molecular weight is 246 g/mol. The molecule has 1 unspecified atom stereocenters. The van der Waals surface area contributed by atoms with Gasteiger partial charge in [0.25, 0.3) is 0 Å². The molecule has 1 heterocycles. The van der Waals surface area contributed by atoms with E-state index < -0.39 is 6.10 Å². The number of aromatic nitrogens is 3. The third-order valence-corrected chi connectivity index (χ3v) is 2.89. The molecular formula is C13H18N4O. The first-order valence-electron chi connectivity index (χ1n) is 5.91. The van der Waals surface area contributed by atoms with Gasteiger partial charge in [-0.25, -0.2) is 4.98 Å². The van der Waals surface area contributed by atoms with Crippen molar-refractivity contribution in [2.75, 3.05) is 13.6 Å². The predicted molar refractivity (Wildman–Crippen MR) is 68.7 cm³/mol. The predicted octanol–water partition coefficient (Wildman–Crippen LogP) is 0.980. The van der Waals surface area contributed by atoms with Gasteiger partial charge in [0.05, 0.1) is 12.6 Å². The minimum Gasteiger partial charge on any atom is -0.387 e. The minimum absolute atomic E-state index is 0.482. The summed E-state index contributed by atoms with van der Waals surface area (Å²) in [5, 5.41) is 14.1. The number of aliphatic hydroxyl groups is 1. The van der Waals surface area contributed by atoms with E-state index in [1.165, 1.54) is 6.33 Å². The second-order valence-electron chi connectivity index (χ2n) is 4.42. The number of aryl methyl sites for hydroxylation is 1. The Labute approximate surface area is 107 Å². The number of nitrogens with zero attached hydrogens (tertiary/aromatic N) is 4. The summed E-state index contributed by atoms with van der Waals surface area (Å²) >= 11 is 0. The van der Waals surface area contributed by atoms with Gasteiger partial charge >= 0.3 is 0 Å². The summed E-state index contributed by atoms with van der Waals surface area (Å²) in [6.45, 7) is 1.23. The molecule has 2 aromatic rings. The molecule has 0 saturated carbocycles. The molecule has 0 aliphatic heterocycles. The molecule has 0 saturated heterocycles. The molecule has 5 heteroatoms. The molecular weight excluding hydrogens is 228 g/mol. The van der Waals surface area contributed by atoms with Gasteiger partial charge < -0.3 is 5.11 Å². The third-order valence-electron chi connectivity index (χ3n) is 2.89. The van der Waals surface area contributed by atoms with Gasteiger partial charge in [-0.3, -0.25) is 9.58 Å². The molecule has 5 nitrogen and oxygen atoms in total. The van der Waals surface area contributed by atoms with E-state index in [4.69, 9.17) is 0 Å². The highest BCUT2D eigenvalue weighted by molar-refractivity contribution is 5.17. The number of aliphatic hydroxyl groups excluding tert-OH is 1. The van der Waals surface area contributed by atoms with E-state index in [2.05, 4.69) is 10.1 Å². The summed E-state index contributed by atoms with van der Waals surface area (Å²) in [5.74, 6) is 0.887. The molecule has 0 radical (unpaired) electrons. The van der Waals surface area contributed by atoms with Crippen LogP contribution in [0.15, 0.2) is 36.7 Å². The number of likely N-dealkylation sites (N-methyl/N-ethyl adjacent to an activating group) is 1. The monoisotopic (exact) mass is 246 g/mol. The molecule has 1 aromatic heterocycles. The van der Waals surface area contributed by atoms with E-state index in [1.54, 1.807) is 4.68 Å². The molecule has 96 valence electrons. The first-order chi connectivity index (χ1) is 8.66. The van der Waals surface area contributed by atoms with Gasteiger partial charge in [-0.1, -0.05) is 30.3 Å². The minimum atomic E-state index is -0.482. The largest absolute Gasteiger partial charge is 0.387 e. The second kappa shape index (κ2) is 5.75. The maximum Gasteiger partial charge on any atom is 0.140 e. The molecule has 18 heavy (non-hydrogen) atoms. The molecule has 0 spiro atoms. The Morgan fingerprint density at radius 3 is 2.67 bits per heavy atom. The lowest BCUT2D eigenvalue weighted by Gasteiger charge is -2.20. The maximum absolute atomic E-state index is 10.1. The number of hydrogen-bond donors (Lipinski definition) is 1. The molecule has 1 N–H and O–H groups in total. The van der Waals surface area contributed by atoms with Gasteiger partial charge in [-0.05, 0) is 12.6 Å². The fraction of sp³-hybridized carbons (Fsp3) is 0.385. The van der Waals surface area contributed by atoms with Crippen LogP contribution >= 0.6 is 0 Å². The highest BCUT2D eigenvalue weighted by Gasteiger charge is 2.12. The van der Waals surface area contributed by atoms with Crippen LogP contribution in [-0.2, 0) is 13.6 Å². The van der Waals surface area contributed by atoms with Crippen molar-refractivity contribution >= 4 is 0 Å². The summed E-state index contributed by atoms with van der Waals surface area (Å²) in [6.07, 6.45) is 1.06. The Morgan fingerprint density at radius 1 is 1.33 bits per heavy atom. The maximum atomic E-state index is 10.1. The zero-order valence-electron chi connectivity index (χ0n) is 10.7. The van der Waals surface area contributed by atoms with Crippen molar-refractivity contribution in [2.45, 2.75) is 12.6 Å². The van der Waals surface area contributed by atoms with E-state index in [0.717, 1.165) is 11.4 Å². The smallest absolute Gasteiger partial charge is 0.140 e. The van der Waals surface area contributed by atoms with Crippen molar-refractivity contribution in [1.29, 1.82) is 0 Å². The van der Waals surface area contributed by atoms with Gasteiger partial charge in [0.2, 0.25) is 0 Å². The van der Waals surface area contributed by atoms with E-state index in [0.29, 0.717) is 13.1 Å². The van der Waals surface area contributed by atoms with Crippen LogP contribution in [0.2, 0.25) is 0 Å². The van der Waals surface area contributed by atoms with Crippen molar-refractivity contribution in [3.8, 4) is 0 Å². The number of hydrogen-bond acceptors (Lipinski definition) is 4. The quantitative estimate of drug-likeness (QED) is 0.854. The number of rotatable bonds is 5. The third kappa shape index (κ3) is 3.15. The Hall–Kier alpha value is -1.72. The summed E-state index contributed by atoms with van der Waals surface area (Å²) in [7, 11) is 3.82. The number of benzene rings is 1. The fourth-order valence-electron chi connectivity index (χ4n) is 1.85.